The summed E-state index contributed by atoms with van der Waals surface area (Å²) < 4.78 is 0. The van der Waals surface area contributed by atoms with Crippen molar-refractivity contribution in [3.63, 3.8) is 0 Å². The molecule has 0 atom stereocenters. The van der Waals surface area contributed by atoms with Gasteiger partial charge < -0.3 is 9.80 Å². The first-order valence-electron chi connectivity index (χ1n) is 6.84. The Balaban J connectivity index is 2.40. The predicted octanol–water partition coefficient (Wildman–Crippen LogP) is 3.43. The van der Waals surface area contributed by atoms with Gasteiger partial charge in [-0.15, -0.1) is 11.3 Å². The normalized spacial score (nSPS) is 11.5. The lowest BCUT2D eigenvalue weighted by Gasteiger charge is -2.25. The van der Waals surface area contributed by atoms with E-state index in [-0.39, 0.29) is 0 Å². The highest BCUT2D eigenvalue weighted by Crippen LogP contribution is 2.31. The van der Waals surface area contributed by atoms with Crippen molar-refractivity contribution in [3.05, 3.63) is 16.2 Å². The van der Waals surface area contributed by atoms with Crippen LogP contribution < -0.4 is 4.90 Å². The molecule has 2 rings (SSSR count). The van der Waals surface area contributed by atoms with E-state index in [1.165, 1.54) is 4.88 Å². The standard InChI is InChI=1S/C14H21ClN4S/c1-5-6-19(8-7-18(3)4)12-11-9-10(2)20-13(11)17-14(15)16-12/h9H,5-8H2,1-4H3. The number of likely N-dealkylation sites (N-methyl/N-ethyl adjacent to an activating group) is 1. The zero-order valence-corrected chi connectivity index (χ0v) is 14.1. The number of aromatic nitrogens is 2. The summed E-state index contributed by atoms with van der Waals surface area (Å²) in [5.74, 6) is 0.966. The molecule has 0 radical (unpaired) electrons. The van der Waals surface area contributed by atoms with Gasteiger partial charge in [-0.25, -0.2) is 4.98 Å². The van der Waals surface area contributed by atoms with Crippen molar-refractivity contribution in [1.29, 1.82) is 0 Å². The molecule has 0 saturated carbocycles. The van der Waals surface area contributed by atoms with Crippen molar-refractivity contribution < 1.29 is 0 Å². The maximum absolute atomic E-state index is 6.09. The highest BCUT2D eigenvalue weighted by molar-refractivity contribution is 7.18. The van der Waals surface area contributed by atoms with E-state index in [0.29, 0.717) is 5.28 Å². The van der Waals surface area contributed by atoms with E-state index in [0.717, 1.165) is 42.1 Å². The highest BCUT2D eigenvalue weighted by Gasteiger charge is 2.15. The summed E-state index contributed by atoms with van der Waals surface area (Å²) in [5.41, 5.74) is 0. The SMILES string of the molecule is CCCN(CCN(C)C)c1nc(Cl)nc2sc(C)cc12. The first-order chi connectivity index (χ1) is 9.51. The van der Waals surface area contributed by atoms with E-state index in [1.54, 1.807) is 11.3 Å². The zero-order chi connectivity index (χ0) is 14.7. The first-order valence-corrected chi connectivity index (χ1v) is 8.04. The van der Waals surface area contributed by atoms with Crippen LogP contribution in [0.25, 0.3) is 10.2 Å². The van der Waals surface area contributed by atoms with Crippen LogP contribution in [0.15, 0.2) is 6.07 Å². The number of hydrogen-bond donors (Lipinski definition) is 0. The monoisotopic (exact) mass is 312 g/mol. The van der Waals surface area contributed by atoms with Crippen LogP contribution in [-0.2, 0) is 0 Å². The molecule has 2 aromatic heterocycles. The van der Waals surface area contributed by atoms with Crippen molar-refractivity contribution in [2.75, 3.05) is 38.6 Å². The summed E-state index contributed by atoms with van der Waals surface area (Å²) in [6, 6.07) is 2.16. The van der Waals surface area contributed by atoms with Gasteiger partial charge in [-0.1, -0.05) is 6.92 Å². The van der Waals surface area contributed by atoms with Gasteiger partial charge >= 0.3 is 0 Å². The Labute approximate surface area is 129 Å². The number of halogens is 1. The van der Waals surface area contributed by atoms with Crippen LogP contribution in [0, 0.1) is 6.92 Å². The molecule has 6 heteroatoms. The average Bonchev–Trinajstić information content (AvgIpc) is 2.73. The summed E-state index contributed by atoms with van der Waals surface area (Å²) in [5, 5.41) is 1.45. The Kier molecular flexibility index (Phi) is 5.18. The minimum Gasteiger partial charge on any atom is -0.355 e. The van der Waals surface area contributed by atoms with Crippen LogP contribution in [0.1, 0.15) is 18.2 Å². The maximum Gasteiger partial charge on any atom is 0.225 e. The van der Waals surface area contributed by atoms with Gasteiger partial charge in [-0.05, 0) is 45.1 Å². The Hall–Kier alpha value is -0.910. The van der Waals surface area contributed by atoms with Crippen LogP contribution in [0.4, 0.5) is 5.82 Å². The molecule has 110 valence electrons. The molecule has 0 aliphatic rings. The van der Waals surface area contributed by atoms with E-state index < -0.39 is 0 Å². The fourth-order valence-corrected chi connectivity index (χ4v) is 3.25. The second-order valence-electron chi connectivity index (χ2n) is 5.18. The largest absolute Gasteiger partial charge is 0.355 e. The molecule has 20 heavy (non-hydrogen) atoms. The first kappa shape index (κ1) is 15.5. The van der Waals surface area contributed by atoms with Gasteiger partial charge in [0.15, 0.2) is 0 Å². The minimum absolute atomic E-state index is 0.334. The summed E-state index contributed by atoms with van der Waals surface area (Å²) in [6.45, 7) is 7.19. The van der Waals surface area contributed by atoms with Crippen LogP contribution in [0.2, 0.25) is 5.28 Å². The van der Waals surface area contributed by atoms with E-state index in [2.05, 4.69) is 53.8 Å². The molecule has 0 unspecified atom stereocenters. The molecule has 4 nitrogen and oxygen atoms in total. The van der Waals surface area contributed by atoms with Crippen LogP contribution in [0.3, 0.4) is 0 Å². The second-order valence-corrected chi connectivity index (χ2v) is 6.76. The smallest absolute Gasteiger partial charge is 0.225 e. The fourth-order valence-electron chi connectivity index (χ4n) is 2.16. The Bertz CT molecular complexity index is 582. The van der Waals surface area contributed by atoms with E-state index >= 15 is 0 Å². The number of nitrogens with zero attached hydrogens (tertiary/aromatic N) is 4. The number of anilines is 1. The van der Waals surface area contributed by atoms with Crippen molar-refractivity contribution in [2.24, 2.45) is 0 Å². The number of aryl methyl sites for hydroxylation is 1. The molecule has 0 bridgehead atoms. The number of rotatable bonds is 6. The number of fused-ring (bicyclic) bond motifs is 1. The molecule has 2 heterocycles. The molecule has 0 N–H and O–H groups in total. The van der Waals surface area contributed by atoms with Gasteiger partial charge in [0.05, 0.1) is 5.39 Å². The lowest BCUT2D eigenvalue weighted by molar-refractivity contribution is 0.412. The Morgan fingerprint density at radius 1 is 1.20 bits per heavy atom. The molecule has 2 aromatic rings. The van der Waals surface area contributed by atoms with E-state index in [9.17, 15) is 0 Å². The summed E-state index contributed by atoms with van der Waals surface area (Å²) >= 11 is 7.76. The summed E-state index contributed by atoms with van der Waals surface area (Å²) in [7, 11) is 4.17. The van der Waals surface area contributed by atoms with E-state index in [1.807, 2.05) is 0 Å². The molecule has 0 aliphatic heterocycles. The van der Waals surface area contributed by atoms with Crippen molar-refractivity contribution in [1.82, 2.24) is 14.9 Å². The third-order valence-electron chi connectivity index (χ3n) is 3.08. The lowest BCUT2D eigenvalue weighted by Crippen LogP contribution is -2.33. The minimum atomic E-state index is 0.334. The van der Waals surface area contributed by atoms with Crippen LogP contribution >= 0.6 is 22.9 Å². The second kappa shape index (κ2) is 6.70. The average molecular weight is 313 g/mol. The molecular weight excluding hydrogens is 292 g/mol. The van der Waals surface area contributed by atoms with Gasteiger partial charge in [0, 0.05) is 24.5 Å². The van der Waals surface area contributed by atoms with Crippen LogP contribution in [-0.4, -0.2) is 48.6 Å². The molecule has 0 fully saturated rings. The molecule has 0 saturated heterocycles. The number of thiophene rings is 1. The molecular formula is C14H21ClN4S. The molecule has 0 spiro atoms. The van der Waals surface area contributed by atoms with Gasteiger partial charge in [0.2, 0.25) is 5.28 Å². The van der Waals surface area contributed by atoms with Crippen molar-refractivity contribution in [3.8, 4) is 0 Å². The quantitative estimate of drug-likeness (QED) is 0.765. The Morgan fingerprint density at radius 3 is 2.60 bits per heavy atom. The maximum atomic E-state index is 6.09. The topological polar surface area (TPSA) is 32.3 Å². The molecule has 0 aliphatic carbocycles. The number of hydrogen-bond acceptors (Lipinski definition) is 5. The van der Waals surface area contributed by atoms with Gasteiger partial charge in [0.1, 0.15) is 10.6 Å². The van der Waals surface area contributed by atoms with Crippen molar-refractivity contribution >= 4 is 39.0 Å². The predicted molar refractivity (Wildman–Crippen MR) is 88.2 cm³/mol. The summed E-state index contributed by atoms with van der Waals surface area (Å²) in [6.07, 6.45) is 1.08. The molecule has 0 amide bonds. The molecule has 0 aromatic carbocycles. The fraction of sp³-hybridized carbons (Fsp3) is 0.571. The lowest BCUT2D eigenvalue weighted by atomic mass is 10.3. The Morgan fingerprint density at radius 2 is 1.95 bits per heavy atom. The summed E-state index contributed by atoms with van der Waals surface area (Å²) in [4.78, 5) is 15.5. The van der Waals surface area contributed by atoms with Gasteiger partial charge in [-0.3, -0.25) is 0 Å². The third-order valence-corrected chi connectivity index (χ3v) is 4.19. The van der Waals surface area contributed by atoms with Gasteiger partial charge in [0.25, 0.3) is 0 Å². The highest BCUT2D eigenvalue weighted by atomic mass is 35.5. The van der Waals surface area contributed by atoms with Crippen LogP contribution in [0.5, 0.6) is 0 Å². The van der Waals surface area contributed by atoms with Crippen molar-refractivity contribution in [2.45, 2.75) is 20.3 Å². The zero-order valence-electron chi connectivity index (χ0n) is 12.5. The van der Waals surface area contributed by atoms with E-state index in [4.69, 9.17) is 11.6 Å². The third kappa shape index (κ3) is 3.59. The van der Waals surface area contributed by atoms with Gasteiger partial charge in [-0.2, -0.15) is 4.98 Å².